The summed E-state index contributed by atoms with van der Waals surface area (Å²) in [6.45, 7) is 4.43. The molecule has 1 saturated heterocycles. The first kappa shape index (κ1) is 15.6. The minimum Gasteiger partial charge on any atom is -0.368 e. The SMILES string of the molecule is Clc1ccccc1N1CCN(Cn2nnc(-c3cccs3)n2)CC1. The van der Waals surface area contributed by atoms with Gasteiger partial charge in [-0.1, -0.05) is 29.8 Å². The number of benzene rings is 1. The second-order valence-corrected chi connectivity index (χ2v) is 7.02. The number of rotatable bonds is 4. The summed E-state index contributed by atoms with van der Waals surface area (Å²) in [6, 6.07) is 12.0. The molecule has 6 nitrogen and oxygen atoms in total. The number of piperazine rings is 1. The van der Waals surface area contributed by atoms with Gasteiger partial charge in [0.2, 0.25) is 5.82 Å². The number of para-hydroxylation sites is 1. The molecule has 1 aromatic carbocycles. The third-order valence-electron chi connectivity index (χ3n) is 4.09. The van der Waals surface area contributed by atoms with Crippen LogP contribution in [0.2, 0.25) is 5.02 Å². The standard InChI is InChI=1S/C16H17ClN6S/c17-13-4-1-2-5-14(13)22-9-7-21(8-10-22)12-23-19-16(18-20-23)15-6-3-11-24-15/h1-6,11H,7-10,12H2. The third kappa shape index (κ3) is 3.28. The summed E-state index contributed by atoms with van der Waals surface area (Å²) in [7, 11) is 0. The Morgan fingerprint density at radius 3 is 2.62 bits per heavy atom. The Morgan fingerprint density at radius 2 is 1.88 bits per heavy atom. The highest BCUT2D eigenvalue weighted by Crippen LogP contribution is 2.26. The van der Waals surface area contributed by atoms with Gasteiger partial charge < -0.3 is 4.90 Å². The Kier molecular flexibility index (Phi) is 4.46. The maximum Gasteiger partial charge on any atom is 0.214 e. The molecule has 0 amide bonds. The van der Waals surface area contributed by atoms with E-state index in [2.05, 4.69) is 31.3 Å². The average Bonchev–Trinajstić information content (AvgIpc) is 3.27. The van der Waals surface area contributed by atoms with Crippen LogP contribution in [-0.4, -0.2) is 51.3 Å². The van der Waals surface area contributed by atoms with E-state index in [4.69, 9.17) is 11.6 Å². The lowest BCUT2D eigenvalue weighted by molar-refractivity contribution is 0.182. The molecule has 24 heavy (non-hydrogen) atoms. The first-order valence-corrected chi connectivity index (χ1v) is 9.09. The molecule has 1 aliphatic heterocycles. The van der Waals surface area contributed by atoms with Gasteiger partial charge in [-0.05, 0) is 28.8 Å². The summed E-state index contributed by atoms with van der Waals surface area (Å²) < 4.78 is 0. The van der Waals surface area contributed by atoms with Gasteiger partial charge in [0.25, 0.3) is 0 Å². The molecular formula is C16H17ClN6S. The van der Waals surface area contributed by atoms with Crippen LogP contribution in [0.25, 0.3) is 10.7 Å². The topological polar surface area (TPSA) is 50.1 Å². The molecule has 0 atom stereocenters. The molecule has 4 rings (SSSR count). The number of tetrazole rings is 1. The first-order valence-electron chi connectivity index (χ1n) is 7.83. The van der Waals surface area contributed by atoms with Gasteiger partial charge >= 0.3 is 0 Å². The van der Waals surface area contributed by atoms with Crippen LogP contribution in [0.1, 0.15) is 0 Å². The number of anilines is 1. The number of aromatic nitrogens is 4. The van der Waals surface area contributed by atoms with Crippen LogP contribution in [0.15, 0.2) is 41.8 Å². The lowest BCUT2D eigenvalue weighted by Crippen LogP contribution is -2.47. The highest BCUT2D eigenvalue weighted by atomic mass is 35.5. The van der Waals surface area contributed by atoms with Gasteiger partial charge in [-0.15, -0.1) is 26.3 Å². The monoisotopic (exact) mass is 360 g/mol. The third-order valence-corrected chi connectivity index (χ3v) is 5.27. The van der Waals surface area contributed by atoms with Crippen molar-refractivity contribution in [3.63, 3.8) is 0 Å². The Morgan fingerprint density at radius 1 is 1.04 bits per heavy atom. The molecule has 2 aromatic heterocycles. The molecule has 0 saturated carbocycles. The van der Waals surface area contributed by atoms with Crippen LogP contribution in [0.4, 0.5) is 5.69 Å². The van der Waals surface area contributed by atoms with Gasteiger partial charge in [0.1, 0.15) is 6.67 Å². The van der Waals surface area contributed by atoms with E-state index in [0.717, 1.165) is 41.8 Å². The van der Waals surface area contributed by atoms with Gasteiger partial charge in [-0.25, -0.2) is 0 Å². The quantitative estimate of drug-likeness (QED) is 0.716. The Balaban J connectivity index is 1.36. The van der Waals surface area contributed by atoms with Crippen molar-refractivity contribution in [2.75, 3.05) is 31.1 Å². The van der Waals surface area contributed by atoms with E-state index in [-0.39, 0.29) is 0 Å². The average molecular weight is 361 g/mol. The zero-order chi connectivity index (χ0) is 16.4. The Bertz CT molecular complexity index is 795. The molecule has 1 fully saturated rings. The summed E-state index contributed by atoms with van der Waals surface area (Å²) in [5.74, 6) is 0.694. The molecule has 3 heterocycles. The largest absolute Gasteiger partial charge is 0.368 e. The van der Waals surface area contributed by atoms with Crippen LogP contribution in [-0.2, 0) is 6.67 Å². The molecule has 3 aromatic rings. The van der Waals surface area contributed by atoms with Crippen LogP contribution in [0.5, 0.6) is 0 Å². The van der Waals surface area contributed by atoms with Crippen LogP contribution < -0.4 is 4.90 Å². The summed E-state index contributed by atoms with van der Waals surface area (Å²) in [5, 5.41) is 15.6. The van der Waals surface area contributed by atoms with Crippen LogP contribution in [0, 0.1) is 0 Å². The van der Waals surface area contributed by atoms with E-state index in [1.807, 2.05) is 35.7 Å². The van der Waals surface area contributed by atoms with Gasteiger partial charge in [-0.3, -0.25) is 4.90 Å². The van der Waals surface area contributed by atoms with E-state index < -0.39 is 0 Å². The molecule has 0 aliphatic carbocycles. The highest BCUT2D eigenvalue weighted by molar-refractivity contribution is 7.13. The predicted octanol–water partition coefficient (Wildman–Crippen LogP) is 2.83. The molecule has 1 aliphatic rings. The number of nitrogens with zero attached hydrogens (tertiary/aromatic N) is 6. The highest BCUT2D eigenvalue weighted by Gasteiger charge is 2.19. The molecule has 124 valence electrons. The number of halogens is 1. The number of thiophene rings is 1. The summed E-state index contributed by atoms with van der Waals surface area (Å²) in [6.07, 6.45) is 0. The van der Waals surface area contributed by atoms with Crippen molar-refractivity contribution in [2.45, 2.75) is 6.67 Å². The fraction of sp³-hybridized carbons (Fsp3) is 0.312. The molecule has 8 heteroatoms. The second-order valence-electron chi connectivity index (χ2n) is 5.66. The summed E-state index contributed by atoms with van der Waals surface area (Å²) >= 11 is 7.91. The van der Waals surface area contributed by atoms with E-state index in [0.29, 0.717) is 12.5 Å². The van der Waals surface area contributed by atoms with E-state index >= 15 is 0 Å². The van der Waals surface area contributed by atoms with Crippen LogP contribution >= 0.6 is 22.9 Å². The van der Waals surface area contributed by atoms with E-state index in [9.17, 15) is 0 Å². The Labute approximate surface area is 149 Å². The van der Waals surface area contributed by atoms with Crippen LogP contribution in [0.3, 0.4) is 0 Å². The van der Waals surface area contributed by atoms with Crippen molar-refractivity contribution in [3.05, 3.63) is 46.8 Å². The van der Waals surface area contributed by atoms with Gasteiger partial charge in [-0.2, -0.15) is 0 Å². The van der Waals surface area contributed by atoms with E-state index in [1.54, 1.807) is 16.1 Å². The number of hydrogen-bond donors (Lipinski definition) is 0. The minimum absolute atomic E-state index is 0.661. The van der Waals surface area contributed by atoms with Gasteiger partial charge in [0.05, 0.1) is 15.6 Å². The molecule has 0 unspecified atom stereocenters. The molecule has 0 radical (unpaired) electrons. The van der Waals surface area contributed by atoms with E-state index in [1.165, 1.54) is 0 Å². The fourth-order valence-corrected chi connectivity index (χ4v) is 3.73. The molecular weight excluding hydrogens is 344 g/mol. The zero-order valence-electron chi connectivity index (χ0n) is 13.0. The lowest BCUT2D eigenvalue weighted by atomic mass is 10.2. The molecule has 0 bridgehead atoms. The smallest absolute Gasteiger partial charge is 0.214 e. The zero-order valence-corrected chi connectivity index (χ0v) is 14.6. The van der Waals surface area contributed by atoms with Crippen molar-refractivity contribution in [1.29, 1.82) is 0 Å². The van der Waals surface area contributed by atoms with Crippen molar-refractivity contribution in [1.82, 2.24) is 25.1 Å². The van der Waals surface area contributed by atoms with Crippen molar-refractivity contribution in [2.24, 2.45) is 0 Å². The van der Waals surface area contributed by atoms with Gasteiger partial charge in [0.15, 0.2) is 0 Å². The Hall–Kier alpha value is -1.96. The predicted molar refractivity (Wildman–Crippen MR) is 96.4 cm³/mol. The van der Waals surface area contributed by atoms with Crippen molar-refractivity contribution < 1.29 is 0 Å². The molecule has 0 spiro atoms. The maximum absolute atomic E-state index is 6.29. The minimum atomic E-state index is 0.661. The van der Waals surface area contributed by atoms with Crippen molar-refractivity contribution >= 4 is 28.6 Å². The maximum atomic E-state index is 6.29. The summed E-state index contributed by atoms with van der Waals surface area (Å²) in [4.78, 5) is 7.36. The number of hydrogen-bond acceptors (Lipinski definition) is 6. The van der Waals surface area contributed by atoms with Gasteiger partial charge in [0, 0.05) is 26.2 Å². The second kappa shape index (κ2) is 6.88. The normalized spacial score (nSPS) is 15.8. The molecule has 0 N–H and O–H groups in total. The van der Waals surface area contributed by atoms with Crippen molar-refractivity contribution in [3.8, 4) is 10.7 Å². The fourth-order valence-electron chi connectivity index (χ4n) is 2.82. The lowest BCUT2D eigenvalue weighted by Gasteiger charge is -2.35. The first-order chi connectivity index (χ1) is 11.8. The summed E-state index contributed by atoms with van der Waals surface area (Å²) in [5.41, 5.74) is 1.11.